The van der Waals surface area contributed by atoms with Gasteiger partial charge >= 0.3 is 12.1 Å². The second kappa shape index (κ2) is 9.85. The summed E-state index contributed by atoms with van der Waals surface area (Å²) in [6.45, 7) is 1.16. The maximum absolute atomic E-state index is 12.2. The van der Waals surface area contributed by atoms with Crippen LogP contribution in [0.15, 0.2) is 48.5 Å². The van der Waals surface area contributed by atoms with Crippen molar-refractivity contribution < 1.29 is 24.2 Å². The normalized spacial score (nSPS) is 18.4. The van der Waals surface area contributed by atoms with E-state index in [9.17, 15) is 14.4 Å². The van der Waals surface area contributed by atoms with Crippen molar-refractivity contribution in [2.75, 3.05) is 19.7 Å². The monoisotopic (exact) mass is 436 g/mol. The van der Waals surface area contributed by atoms with Gasteiger partial charge in [0, 0.05) is 31.3 Å². The van der Waals surface area contributed by atoms with Crippen LogP contribution in [-0.4, -0.2) is 42.8 Å². The van der Waals surface area contributed by atoms with Crippen LogP contribution in [0.1, 0.15) is 42.7 Å². The van der Waals surface area contributed by atoms with E-state index < -0.39 is 12.1 Å². The largest absolute Gasteiger partial charge is 0.481 e. The molecule has 0 heterocycles. The molecule has 7 nitrogen and oxygen atoms in total. The molecule has 0 aliphatic heterocycles. The Kier molecular flexibility index (Phi) is 6.73. The van der Waals surface area contributed by atoms with Gasteiger partial charge in [-0.15, -0.1) is 0 Å². The molecule has 2 amide bonds. The number of carboxylic acid groups (broad SMARTS) is 1. The number of aliphatic carboxylic acids is 1. The first-order chi connectivity index (χ1) is 15.5. The van der Waals surface area contributed by atoms with Crippen molar-refractivity contribution >= 4 is 18.0 Å². The Morgan fingerprint density at radius 2 is 1.59 bits per heavy atom. The summed E-state index contributed by atoms with van der Waals surface area (Å²) in [5.41, 5.74) is 4.71. The number of amides is 2. The zero-order valence-corrected chi connectivity index (χ0v) is 17.9. The van der Waals surface area contributed by atoms with Crippen molar-refractivity contribution in [3.8, 4) is 11.1 Å². The van der Waals surface area contributed by atoms with Crippen molar-refractivity contribution in [1.29, 1.82) is 0 Å². The van der Waals surface area contributed by atoms with Gasteiger partial charge in [0.15, 0.2) is 0 Å². The van der Waals surface area contributed by atoms with Gasteiger partial charge in [0.05, 0.1) is 0 Å². The molecule has 0 bridgehead atoms. The van der Waals surface area contributed by atoms with E-state index in [1.165, 1.54) is 22.3 Å². The highest BCUT2D eigenvalue weighted by Crippen LogP contribution is 2.44. The van der Waals surface area contributed by atoms with E-state index in [-0.39, 0.29) is 36.7 Å². The number of fused-ring (bicyclic) bond motifs is 3. The number of hydrogen-bond donors (Lipinski definition) is 3. The molecule has 3 N–H and O–H groups in total. The van der Waals surface area contributed by atoms with Gasteiger partial charge in [-0.2, -0.15) is 0 Å². The molecule has 168 valence electrons. The molecule has 2 aromatic carbocycles. The number of hydrogen-bond acceptors (Lipinski definition) is 4. The number of alkyl carbamates (subject to hydrolysis) is 1. The Bertz CT molecular complexity index is 960. The standard InChI is InChI=1S/C25H28N2O5/c28-23(29)11-5-6-12-26-24(30)21-13-16(21)14-27-25(31)32-15-22-19-9-3-1-7-17(19)18-8-2-4-10-20(18)22/h1-4,7-10,16,21-22H,5-6,11-15H2,(H,26,30)(H,27,31)(H,28,29)/t16-,21-/m1/s1. The number of unbranched alkanes of at least 4 members (excludes halogenated alkanes) is 1. The van der Waals surface area contributed by atoms with Crippen LogP contribution < -0.4 is 10.6 Å². The molecule has 0 unspecified atom stereocenters. The summed E-state index contributed by atoms with van der Waals surface area (Å²) in [4.78, 5) is 34.9. The van der Waals surface area contributed by atoms with Crippen molar-refractivity contribution in [3.63, 3.8) is 0 Å². The zero-order chi connectivity index (χ0) is 22.5. The summed E-state index contributed by atoms with van der Waals surface area (Å²) in [6.07, 6.45) is 1.59. The topological polar surface area (TPSA) is 105 Å². The van der Waals surface area contributed by atoms with Gasteiger partial charge in [-0.05, 0) is 47.4 Å². The lowest BCUT2D eigenvalue weighted by Crippen LogP contribution is -2.30. The SMILES string of the molecule is O=C(O)CCCCNC(=O)[C@@H]1C[C@@H]1CNC(=O)OCC1c2ccccc2-c2ccccc21. The molecule has 0 radical (unpaired) electrons. The van der Waals surface area contributed by atoms with Gasteiger partial charge < -0.3 is 20.5 Å². The second-order valence-electron chi connectivity index (χ2n) is 8.45. The molecule has 2 aromatic rings. The minimum Gasteiger partial charge on any atom is -0.481 e. The smallest absolute Gasteiger partial charge is 0.407 e. The number of nitrogens with one attached hydrogen (secondary N) is 2. The highest BCUT2D eigenvalue weighted by atomic mass is 16.5. The molecule has 1 saturated carbocycles. The van der Waals surface area contributed by atoms with Gasteiger partial charge in [-0.3, -0.25) is 9.59 Å². The summed E-state index contributed by atoms with van der Waals surface area (Å²) in [7, 11) is 0. The summed E-state index contributed by atoms with van der Waals surface area (Å²) in [5.74, 6) is -0.802. The van der Waals surface area contributed by atoms with E-state index in [1.807, 2.05) is 24.3 Å². The molecule has 7 heteroatoms. The van der Waals surface area contributed by atoms with Crippen LogP contribution in [-0.2, 0) is 14.3 Å². The third kappa shape index (κ3) is 5.10. The molecule has 32 heavy (non-hydrogen) atoms. The van der Waals surface area contributed by atoms with E-state index in [0.717, 1.165) is 6.42 Å². The third-order valence-corrected chi connectivity index (χ3v) is 6.23. The first-order valence-electron chi connectivity index (χ1n) is 11.1. The minimum atomic E-state index is -0.821. The number of rotatable bonds is 10. The highest BCUT2D eigenvalue weighted by Gasteiger charge is 2.42. The van der Waals surface area contributed by atoms with Gasteiger partial charge in [0.1, 0.15) is 6.61 Å². The average Bonchev–Trinajstić information content (AvgIpc) is 3.51. The number of carbonyl (C=O) groups is 3. The fourth-order valence-electron chi connectivity index (χ4n) is 4.40. The van der Waals surface area contributed by atoms with Crippen LogP contribution in [0, 0.1) is 11.8 Å². The van der Waals surface area contributed by atoms with Crippen LogP contribution in [0.3, 0.4) is 0 Å². The molecular formula is C25H28N2O5. The van der Waals surface area contributed by atoms with Crippen molar-refractivity contribution in [3.05, 3.63) is 59.7 Å². The molecule has 2 aliphatic rings. The Hall–Kier alpha value is -3.35. The maximum Gasteiger partial charge on any atom is 0.407 e. The molecule has 0 spiro atoms. The summed E-state index contributed by atoms with van der Waals surface area (Å²) in [5, 5.41) is 14.2. The number of ether oxygens (including phenoxy) is 1. The van der Waals surface area contributed by atoms with Crippen LogP contribution >= 0.6 is 0 Å². The van der Waals surface area contributed by atoms with E-state index in [2.05, 4.69) is 34.9 Å². The quantitative estimate of drug-likeness (QED) is 0.494. The van der Waals surface area contributed by atoms with Crippen molar-refractivity contribution in [2.45, 2.75) is 31.6 Å². The van der Waals surface area contributed by atoms with Crippen LogP contribution in [0.4, 0.5) is 4.79 Å². The van der Waals surface area contributed by atoms with E-state index in [0.29, 0.717) is 25.9 Å². The molecule has 0 aromatic heterocycles. The molecular weight excluding hydrogens is 408 g/mol. The average molecular weight is 437 g/mol. The second-order valence-corrected chi connectivity index (χ2v) is 8.45. The predicted molar refractivity (Wildman–Crippen MR) is 119 cm³/mol. The third-order valence-electron chi connectivity index (χ3n) is 6.23. The van der Waals surface area contributed by atoms with E-state index in [4.69, 9.17) is 9.84 Å². The lowest BCUT2D eigenvalue weighted by atomic mass is 9.98. The Morgan fingerprint density at radius 3 is 2.25 bits per heavy atom. The predicted octanol–water partition coefficient (Wildman–Crippen LogP) is 3.53. The number of carboxylic acids is 1. The molecule has 4 rings (SSSR count). The van der Waals surface area contributed by atoms with Crippen molar-refractivity contribution in [1.82, 2.24) is 10.6 Å². The van der Waals surface area contributed by atoms with Gasteiger partial charge in [0.25, 0.3) is 0 Å². The van der Waals surface area contributed by atoms with E-state index >= 15 is 0 Å². The molecule has 2 atom stereocenters. The van der Waals surface area contributed by atoms with Gasteiger partial charge in [0.2, 0.25) is 5.91 Å². The zero-order valence-electron chi connectivity index (χ0n) is 17.9. The lowest BCUT2D eigenvalue weighted by molar-refractivity contribution is -0.137. The highest BCUT2D eigenvalue weighted by molar-refractivity contribution is 5.82. The Balaban J connectivity index is 1.18. The lowest BCUT2D eigenvalue weighted by Gasteiger charge is -2.14. The maximum atomic E-state index is 12.2. The fraction of sp³-hybridized carbons (Fsp3) is 0.400. The fourth-order valence-corrected chi connectivity index (χ4v) is 4.40. The van der Waals surface area contributed by atoms with Gasteiger partial charge in [-0.25, -0.2) is 4.79 Å². The van der Waals surface area contributed by atoms with Gasteiger partial charge in [-0.1, -0.05) is 48.5 Å². The minimum absolute atomic E-state index is 0.0220. The molecule has 1 fully saturated rings. The van der Waals surface area contributed by atoms with Crippen LogP contribution in [0.5, 0.6) is 0 Å². The first-order valence-corrected chi connectivity index (χ1v) is 11.1. The van der Waals surface area contributed by atoms with Crippen molar-refractivity contribution in [2.24, 2.45) is 11.8 Å². The summed E-state index contributed by atoms with van der Waals surface area (Å²) < 4.78 is 5.53. The number of carbonyl (C=O) groups excluding carboxylic acids is 2. The molecule has 2 aliphatic carbocycles. The Labute approximate surface area is 187 Å². The van der Waals surface area contributed by atoms with E-state index in [1.54, 1.807) is 0 Å². The molecule has 0 saturated heterocycles. The first kappa shape index (κ1) is 21.9. The van der Waals surface area contributed by atoms with Crippen LogP contribution in [0.2, 0.25) is 0 Å². The summed E-state index contributed by atoms with van der Waals surface area (Å²) >= 11 is 0. The Morgan fingerprint density at radius 1 is 0.938 bits per heavy atom. The summed E-state index contributed by atoms with van der Waals surface area (Å²) in [6, 6.07) is 16.4. The number of benzene rings is 2. The van der Waals surface area contributed by atoms with Crippen LogP contribution in [0.25, 0.3) is 11.1 Å².